The molecule has 2 saturated heterocycles. The number of rotatable bonds is 6. The molecule has 2 unspecified atom stereocenters. The van der Waals surface area contributed by atoms with Crippen molar-refractivity contribution in [2.45, 2.75) is 38.2 Å². The minimum absolute atomic E-state index is 0.0358. The van der Waals surface area contributed by atoms with Crippen molar-refractivity contribution in [3.8, 4) is 0 Å². The molecule has 2 aromatic rings. The fraction of sp³-hybridized carbons (Fsp3) is 0.524. The number of pyridine rings is 1. The molecule has 4 rings (SSSR count). The highest BCUT2D eigenvalue weighted by molar-refractivity contribution is 5.87. The van der Waals surface area contributed by atoms with Gasteiger partial charge in [-0.1, -0.05) is 0 Å². The SMILES string of the molecule is Cn1cc(CN2CC(OCc3ccncc3)CN(C(=O)C3CCCO3)CC2=O)cn1. The molecule has 160 valence electrons. The van der Waals surface area contributed by atoms with Crippen LogP contribution in [0.2, 0.25) is 0 Å². The average Bonchev–Trinajstić information content (AvgIpc) is 3.40. The highest BCUT2D eigenvalue weighted by Gasteiger charge is 2.35. The van der Waals surface area contributed by atoms with Gasteiger partial charge in [0.15, 0.2) is 0 Å². The molecule has 0 aromatic carbocycles. The zero-order valence-corrected chi connectivity index (χ0v) is 17.1. The van der Waals surface area contributed by atoms with Crippen LogP contribution in [0.5, 0.6) is 0 Å². The lowest BCUT2D eigenvalue weighted by Crippen LogP contribution is -2.44. The minimum atomic E-state index is -0.455. The first kappa shape index (κ1) is 20.5. The summed E-state index contributed by atoms with van der Waals surface area (Å²) in [7, 11) is 1.84. The lowest BCUT2D eigenvalue weighted by molar-refractivity contribution is -0.145. The van der Waals surface area contributed by atoms with Crippen molar-refractivity contribution in [3.05, 3.63) is 48.0 Å². The van der Waals surface area contributed by atoms with Crippen LogP contribution in [0, 0.1) is 0 Å². The standard InChI is InChI=1S/C21H27N5O4/c1-24-10-17(9-23-24)11-25-12-18(30-15-16-4-6-22-7-5-16)13-26(14-20(25)27)21(28)19-3-2-8-29-19/h4-7,9-10,18-19H,2-3,8,11-15H2,1H3. The van der Waals surface area contributed by atoms with Gasteiger partial charge in [-0.25, -0.2) is 0 Å². The Labute approximate surface area is 175 Å². The van der Waals surface area contributed by atoms with Crippen molar-refractivity contribution < 1.29 is 19.1 Å². The molecule has 2 fully saturated rings. The Morgan fingerprint density at radius 2 is 2.10 bits per heavy atom. The summed E-state index contributed by atoms with van der Waals surface area (Å²) in [4.78, 5) is 33.3. The van der Waals surface area contributed by atoms with Gasteiger partial charge >= 0.3 is 0 Å². The molecule has 2 amide bonds. The molecular weight excluding hydrogens is 386 g/mol. The number of ether oxygens (including phenoxy) is 2. The zero-order valence-electron chi connectivity index (χ0n) is 17.1. The summed E-state index contributed by atoms with van der Waals surface area (Å²) in [6.45, 7) is 2.22. The third-order valence-electron chi connectivity index (χ3n) is 5.41. The Kier molecular flexibility index (Phi) is 6.39. The van der Waals surface area contributed by atoms with Gasteiger partial charge in [0.2, 0.25) is 5.91 Å². The Morgan fingerprint density at radius 3 is 2.80 bits per heavy atom. The molecule has 4 heterocycles. The highest BCUT2D eigenvalue weighted by atomic mass is 16.5. The normalized spacial score (nSPS) is 22.4. The van der Waals surface area contributed by atoms with E-state index in [1.54, 1.807) is 33.1 Å². The molecule has 30 heavy (non-hydrogen) atoms. The van der Waals surface area contributed by atoms with Gasteiger partial charge in [0.25, 0.3) is 5.91 Å². The molecule has 2 atom stereocenters. The van der Waals surface area contributed by atoms with E-state index in [0.29, 0.717) is 39.3 Å². The van der Waals surface area contributed by atoms with Gasteiger partial charge in [-0.05, 0) is 30.5 Å². The third kappa shape index (κ3) is 5.03. The van der Waals surface area contributed by atoms with Crippen LogP contribution in [0.1, 0.15) is 24.0 Å². The number of aryl methyl sites for hydroxylation is 1. The topological polar surface area (TPSA) is 89.8 Å². The van der Waals surface area contributed by atoms with E-state index in [0.717, 1.165) is 17.5 Å². The van der Waals surface area contributed by atoms with Crippen LogP contribution in [0.4, 0.5) is 0 Å². The number of carbonyl (C=O) groups is 2. The molecule has 2 aliphatic heterocycles. The van der Waals surface area contributed by atoms with Crippen LogP contribution in [0.3, 0.4) is 0 Å². The van der Waals surface area contributed by atoms with Crippen molar-refractivity contribution in [2.24, 2.45) is 7.05 Å². The first-order valence-corrected chi connectivity index (χ1v) is 10.2. The highest BCUT2D eigenvalue weighted by Crippen LogP contribution is 2.19. The van der Waals surface area contributed by atoms with Crippen LogP contribution in [0.15, 0.2) is 36.9 Å². The molecule has 0 spiro atoms. The Balaban J connectivity index is 1.48. The first-order valence-electron chi connectivity index (χ1n) is 10.2. The molecular formula is C21H27N5O4. The molecule has 2 aromatic heterocycles. The monoisotopic (exact) mass is 413 g/mol. The van der Waals surface area contributed by atoms with Gasteiger partial charge in [-0.15, -0.1) is 0 Å². The Bertz CT molecular complexity index is 865. The number of hydrogen-bond donors (Lipinski definition) is 0. The maximum atomic E-state index is 13.0. The second-order valence-corrected chi connectivity index (χ2v) is 7.81. The summed E-state index contributed by atoms with van der Waals surface area (Å²) in [5, 5.41) is 4.18. The molecule has 9 nitrogen and oxygen atoms in total. The van der Waals surface area contributed by atoms with E-state index in [2.05, 4.69) is 10.1 Å². The number of hydrogen-bond acceptors (Lipinski definition) is 6. The number of aromatic nitrogens is 3. The molecule has 9 heteroatoms. The van der Waals surface area contributed by atoms with E-state index in [9.17, 15) is 9.59 Å². The quantitative estimate of drug-likeness (QED) is 0.694. The molecule has 0 bridgehead atoms. The van der Waals surface area contributed by atoms with Gasteiger partial charge in [0, 0.05) is 57.4 Å². The van der Waals surface area contributed by atoms with Gasteiger partial charge in [-0.3, -0.25) is 19.3 Å². The van der Waals surface area contributed by atoms with Gasteiger partial charge < -0.3 is 19.3 Å². The largest absolute Gasteiger partial charge is 0.370 e. The summed E-state index contributed by atoms with van der Waals surface area (Å²) >= 11 is 0. The second kappa shape index (κ2) is 9.36. The van der Waals surface area contributed by atoms with E-state index in [1.807, 2.05) is 25.4 Å². The summed E-state index contributed by atoms with van der Waals surface area (Å²) < 4.78 is 13.4. The fourth-order valence-electron chi connectivity index (χ4n) is 3.85. The number of nitrogens with zero attached hydrogens (tertiary/aromatic N) is 5. The molecule has 0 radical (unpaired) electrons. The second-order valence-electron chi connectivity index (χ2n) is 7.81. The molecule has 2 aliphatic rings. The summed E-state index contributed by atoms with van der Waals surface area (Å²) in [5.74, 6) is -0.221. The van der Waals surface area contributed by atoms with Crippen LogP contribution in [-0.2, 0) is 39.3 Å². The zero-order chi connectivity index (χ0) is 20.9. The summed E-state index contributed by atoms with van der Waals surface area (Å²) in [6.07, 6.45) is 7.89. The van der Waals surface area contributed by atoms with Crippen LogP contribution in [-0.4, -0.2) is 74.8 Å². The van der Waals surface area contributed by atoms with Crippen LogP contribution < -0.4 is 0 Å². The third-order valence-corrected chi connectivity index (χ3v) is 5.41. The van der Waals surface area contributed by atoms with Crippen molar-refractivity contribution in [2.75, 3.05) is 26.2 Å². The van der Waals surface area contributed by atoms with Gasteiger partial charge in [-0.2, -0.15) is 5.10 Å². The molecule has 0 saturated carbocycles. The van der Waals surface area contributed by atoms with E-state index in [-0.39, 0.29) is 24.5 Å². The predicted molar refractivity (Wildman–Crippen MR) is 107 cm³/mol. The van der Waals surface area contributed by atoms with Crippen molar-refractivity contribution in [3.63, 3.8) is 0 Å². The van der Waals surface area contributed by atoms with Crippen LogP contribution in [0.25, 0.3) is 0 Å². The van der Waals surface area contributed by atoms with E-state index in [1.165, 1.54) is 0 Å². The van der Waals surface area contributed by atoms with Gasteiger partial charge in [0.1, 0.15) is 6.10 Å². The average molecular weight is 413 g/mol. The summed E-state index contributed by atoms with van der Waals surface area (Å²) in [6, 6.07) is 3.79. The number of carbonyl (C=O) groups excluding carboxylic acids is 2. The molecule has 0 aliphatic carbocycles. The Hall–Kier alpha value is -2.78. The number of amides is 2. The molecule has 0 N–H and O–H groups in total. The smallest absolute Gasteiger partial charge is 0.252 e. The Morgan fingerprint density at radius 1 is 1.27 bits per heavy atom. The van der Waals surface area contributed by atoms with E-state index in [4.69, 9.17) is 9.47 Å². The first-order chi connectivity index (χ1) is 14.6. The van der Waals surface area contributed by atoms with Crippen molar-refractivity contribution >= 4 is 11.8 Å². The van der Waals surface area contributed by atoms with E-state index < -0.39 is 6.10 Å². The maximum absolute atomic E-state index is 13.0. The van der Waals surface area contributed by atoms with Crippen LogP contribution >= 0.6 is 0 Å². The lowest BCUT2D eigenvalue weighted by Gasteiger charge is -2.26. The maximum Gasteiger partial charge on any atom is 0.252 e. The fourth-order valence-corrected chi connectivity index (χ4v) is 3.85. The van der Waals surface area contributed by atoms with Crippen molar-refractivity contribution in [1.29, 1.82) is 0 Å². The minimum Gasteiger partial charge on any atom is -0.370 e. The van der Waals surface area contributed by atoms with Crippen molar-refractivity contribution in [1.82, 2.24) is 24.6 Å². The summed E-state index contributed by atoms with van der Waals surface area (Å²) in [5.41, 5.74) is 1.94. The lowest BCUT2D eigenvalue weighted by atomic mass is 10.2. The predicted octanol–water partition coefficient (Wildman–Crippen LogP) is 0.750. The van der Waals surface area contributed by atoms with Gasteiger partial charge in [0.05, 0.1) is 25.5 Å². The van der Waals surface area contributed by atoms with E-state index >= 15 is 0 Å².